The van der Waals surface area contributed by atoms with Crippen LogP contribution in [0.25, 0.3) is 45.2 Å². The van der Waals surface area contributed by atoms with Crippen LogP contribution < -0.4 is 15.5 Å². The quantitative estimate of drug-likeness (QED) is 0.179. The molecule has 0 saturated carbocycles. The van der Waals surface area contributed by atoms with Crippen LogP contribution in [0.3, 0.4) is 0 Å². The summed E-state index contributed by atoms with van der Waals surface area (Å²) in [5.41, 5.74) is 10.5. The Morgan fingerprint density at radius 3 is 2.12 bits per heavy atom. The van der Waals surface area contributed by atoms with Gasteiger partial charge in [-0.25, -0.2) is 0 Å². The van der Waals surface area contributed by atoms with Crippen molar-refractivity contribution in [1.29, 1.82) is 0 Å². The van der Waals surface area contributed by atoms with Crippen LogP contribution in [-0.4, -0.2) is 16.5 Å². The maximum atomic E-state index is 4.61. The van der Waals surface area contributed by atoms with Crippen molar-refractivity contribution in [2.24, 2.45) is 0 Å². The summed E-state index contributed by atoms with van der Waals surface area (Å²) >= 11 is 0. The molecule has 1 aliphatic carbocycles. The van der Waals surface area contributed by atoms with E-state index in [-0.39, 0.29) is 6.04 Å². The van der Waals surface area contributed by atoms with Crippen LogP contribution in [0, 0.1) is 0 Å². The number of fused-ring (bicyclic) bond motifs is 5. The minimum absolute atomic E-state index is 0.0524. The second kappa shape index (κ2) is 12.3. The fraction of sp³-hybridized carbons (Fsp3) is 0.0638. The van der Waals surface area contributed by atoms with E-state index in [4.69, 9.17) is 0 Å². The summed E-state index contributed by atoms with van der Waals surface area (Å²) < 4.78 is 2.45. The molecule has 7 aromatic rings. The van der Waals surface area contributed by atoms with Crippen LogP contribution in [0.15, 0.2) is 176 Å². The minimum Gasteiger partial charge on any atom is -0.366 e. The predicted molar refractivity (Wildman–Crippen MR) is 211 cm³/mol. The lowest BCUT2D eigenvalue weighted by molar-refractivity contribution is 0.349. The molecule has 0 N–H and O–H groups in total. The van der Waals surface area contributed by atoms with Gasteiger partial charge in [0, 0.05) is 52.6 Å². The first-order chi connectivity index (χ1) is 24.7. The molecule has 240 valence electrons. The number of benzene rings is 6. The van der Waals surface area contributed by atoms with Crippen molar-refractivity contribution in [1.82, 2.24) is 9.47 Å². The second-order valence-corrected chi connectivity index (χ2v) is 13.1. The number of allylic oxidation sites excluding steroid dienone is 4. The summed E-state index contributed by atoms with van der Waals surface area (Å²) in [5.74, 6) is 0. The number of anilines is 2. The fourth-order valence-corrected chi connectivity index (χ4v) is 7.87. The molecule has 0 radical (unpaired) electrons. The Balaban J connectivity index is 1.34. The summed E-state index contributed by atoms with van der Waals surface area (Å²) in [6.45, 7) is 4.61. The van der Waals surface area contributed by atoms with Crippen molar-refractivity contribution in [3.05, 3.63) is 203 Å². The van der Waals surface area contributed by atoms with Gasteiger partial charge in [0.2, 0.25) is 0 Å². The van der Waals surface area contributed by atoms with Gasteiger partial charge in [-0.3, -0.25) is 0 Å². The van der Waals surface area contributed by atoms with Crippen molar-refractivity contribution < 1.29 is 0 Å². The van der Waals surface area contributed by atoms with Gasteiger partial charge in [0.05, 0.1) is 28.3 Å². The Kier molecular flexibility index (Phi) is 7.32. The smallest absolute Gasteiger partial charge is 0.0795 e. The van der Waals surface area contributed by atoms with Crippen LogP contribution >= 0.6 is 0 Å². The van der Waals surface area contributed by atoms with Gasteiger partial charge in [-0.2, -0.15) is 0 Å². The van der Waals surface area contributed by atoms with E-state index in [1.807, 2.05) is 0 Å². The first kappa shape index (κ1) is 29.8. The molecule has 50 heavy (non-hydrogen) atoms. The van der Waals surface area contributed by atoms with E-state index < -0.39 is 0 Å². The largest absolute Gasteiger partial charge is 0.366 e. The number of rotatable bonds is 6. The zero-order valence-electron chi connectivity index (χ0n) is 28.1. The maximum absolute atomic E-state index is 4.61. The van der Waals surface area contributed by atoms with Gasteiger partial charge >= 0.3 is 0 Å². The van der Waals surface area contributed by atoms with Crippen molar-refractivity contribution in [2.45, 2.75) is 12.5 Å². The molecule has 1 aromatic heterocycles. The molecule has 2 aliphatic rings. The van der Waals surface area contributed by atoms with Crippen LogP contribution in [0.1, 0.15) is 29.2 Å². The van der Waals surface area contributed by atoms with Crippen molar-refractivity contribution >= 4 is 50.9 Å². The van der Waals surface area contributed by atoms with Crippen LogP contribution in [-0.2, 0) is 0 Å². The lowest BCUT2D eigenvalue weighted by atomic mass is 9.91. The molecule has 1 atom stereocenters. The molecule has 0 bridgehead atoms. The highest BCUT2D eigenvalue weighted by Crippen LogP contribution is 2.39. The van der Waals surface area contributed by atoms with Crippen molar-refractivity contribution in [2.75, 3.05) is 11.9 Å². The Morgan fingerprint density at radius 1 is 0.660 bits per heavy atom. The summed E-state index contributed by atoms with van der Waals surface area (Å²) in [5, 5.41) is 5.93. The Bertz CT molecular complexity index is 2610. The number of para-hydroxylation sites is 3. The molecular weight excluding hydrogens is 607 g/mol. The molecule has 0 fully saturated rings. The normalized spacial score (nSPS) is 15.7. The number of aromatic nitrogens is 1. The molecule has 0 spiro atoms. The zero-order chi connectivity index (χ0) is 33.6. The summed E-state index contributed by atoms with van der Waals surface area (Å²) in [7, 11) is 2.23. The van der Waals surface area contributed by atoms with Gasteiger partial charge in [-0.15, -0.1) is 0 Å². The van der Waals surface area contributed by atoms with E-state index in [0.717, 1.165) is 50.7 Å². The highest BCUT2D eigenvalue weighted by molar-refractivity contribution is 6.00. The average molecular weight is 644 g/mol. The average Bonchev–Trinajstić information content (AvgIpc) is 3.81. The predicted octanol–water partition coefficient (Wildman–Crippen LogP) is 10.0. The SMILES string of the molecule is C=C1/C=c2\c(n(-c3ccc(C(c4ccccc4)N(C)C4=CC=CC4)c4ccccc34)c3ccccc23)=C/N(c2ccccc2)c2ccccc21. The topological polar surface area (TPSA) is 11.4 Å². The standard InChI is InChI=1S/C47H37N3/c1-33-31-42-40-26-14-16-28-44(40)50(46(42)32-49(36-21-7-4-8-22-36)43-27-15-13-23-37(33)43)45-30-29-41(38-24-11-12-25-39(38)45)47(34-17-5-3-6-18-34)48(2)35-19-9-10-20-35/h3-19,21-32,47H,1,20H2,2H3/b42-31-,46-32+. The van der Waals surface area contributed by atoms with E-state index in [0.29, 0.717) is 0 Å². The molecule has 6 aromatic carbocycles. The second-order valence-electron chi connectivity index (χ2n) is 13.1. The first-order valence-electron chi connectivity index (χ1n) is 17.3. The third kappa shape index (κ3) is 4.90. The molecular formula is C47H37N3. The maximum Gasteiger partial charge on any atom is 0.0795 e. The molecule has 3 nitrogen and oxygen atoms in total. The summed E-state index contributed by atoms with van der Waals surface area (Å²) in [6, 6.07) is 52.5. The Morgan fingerprint density at radius 2 is 1.34 bits per heavy atom. The van der Waals surface area contributed by atoms with E-state index in [2.05, 4.69) is 204 Å². The molecule has 0 saturated heterocycles. The number of hydrogen-bond donors (Lipinski definition) is 0. The van der Waals surface area contributed by atoms with Crippen LogP contribution in [0.5, 0.6) is 0 Å². The summed E-state index contributed by atoms with van der Waals surface area (Å²) in [6.07, 6.45) is 12.2. The number of hydrogen-bond acceptors (Lipinski definition) is 2. The molecule has 0 amide bonds. The Labute approximate surface area is 293 Å². The van der Waals surface area contributed by atoms with Crippen molar-refractivity contribution in [3.63, 3.8) is 0 Å². The zero-order valence-corrected chi connectivity index (χ0v) is 28.1. The fourth-order valence-electron chi connectivity index (χ4n) is 7.87. The highest BCUT2D eigenvalue weighted by Gasteiger charge is 2.25. The third-order valence-corrected chi connectivity index (χ3v) is 10.2. The minimum atomic E-state index is 0.0524. The molecule has 1 aliphatic heterocycles. The van der Waals surface area contributed by atoms with Gasteiger partial charge < -0.3 is 14.4 Å². The monoisotopic (exact) mass is 643 g/mol. The van der Waals surface area contributed by atoms with E-state index in [9.17, 15) is 0 Å². The lowest BCUT2D eigenvalue weighted by Gasteiger charge is -2.33. The Hall–Kier alpha value is -6.32. The van der Waals surface area contributed by atoms with Gasteiger partial charge in [-0.05, 0) is 64.6 Å². The van der Waals surface area contributed by atoms with Gasteiger partial charge in [0.1, 0.15) is 0 Å². The highest BCUT2D eigenvalue weighted by atomic mass is 15.1. The van der Waals surface area contributed by atoms with E-state index >= 15 is 0 Å². The van der Waals surface area contributed by atoms with Crippen LogP contribution in [0.4, 0.5) is 11.4 Å². The van der Waals surface area contributed by atoms with E-state index in [1.165, 1.54) is 33.0 Å². The number of nitrogens with zero attached hydrogens (tertiary/aromatic N) is 3. The van der Waals surface area contributed by atoms with Crippen LogP contribution in [0.2, 0.25) is 0 Å². The van der Waals surface area contributed by atoms with Gasteiger partial charge in [0.25, 0.3) is 0 Å². The molecule has 3 heteroatoms. The van der Waals surface area contributed by atoms with E-state index in [1.54, 1.807) is 0 Å². The van der Waals surface area contributed by atoms with Crippen molar-refractivity contribution in [3.8, 4) is 5.69 Å². The molecule has 2 heterocycles. The third-order valence-electron chi connectivity index (χ3n) is 10.2. The summed E-state index contributed by atoms with van der Waals surface area (Å²) in [4.78, 5) is 4.77. The molecule has 1 unspecified atom stereocenters. The molecule has 9 rings (SSSR count). The first-order valence-corrected chi connectivity index (χ1v) is 17.3. The lowest BCUT2D eigenvalue weighted by Crippen LogP contribution is -2.33. The van der Waals surface area contributed by atoms with Gasteiger partial charge in [0.15, 0.2) is 0 Å². The van der Waals surface area contributed by atoms with Gasteiger partial charge in [-0.1, -0.05) is 134 Å².